The molecule has 10 nitrogen and oxygen atoms in total. The minimum absolute atomic E-state index is 0.102. The van der Waals surface area contributed by atoms with Crippen LogP contribution in [0.5, 0.6) is 0 Å². The number of anilines is 2. The number of hydrogen-bond acceptors (Lipinski definition) is 8. The molecular formula is C19H19ClN6O4S. The van der Waals surface area contributed by atoms with Gasteiger partial charge in [-0.05, 0) is 54.1 Å². The predicted octanol–water partition coefficient (Wildman–Crippen LogP) is 2.84. The van der Waals surface area contributed by atoms with Gasteiger partial charge in [0.15, 0.2) is 5.82 Å². The van der Waals surface area contributed by atoms with Gasteiger partial charge in [0.25, 0.3) is 5.91 Å². The zero-order chi connectivity index (χ0) is 22.5. The summed E-state index contributed by atoms with van der Waals surface area (Å²) in [5, 5.41) is 17.1. The van der Waals surface area contributed by atoms with Crippen molar-refractivity contribution >= 4 is 51.4 Å². The highest BCUT2D eigenvalue weighted by Gasteiger charge is 2.27. The Balaban J connectivity index is 1.87. The number of tetrazole rings is 1. The number of carbonyl (C=O) groups is 3. The van der Waals surface area contributed by atoms with Crippen molar-refractivity contribution < 1.29 is 19.1 Å². The fourth-order valence-corrected chi connectivity index (χ4v) is 3.93. The van der Waals surface area contributed by atoms with Gasteiger partial charge < -0.3 is 15.4 Å². The number of nitrogens with one attached hydrogen (secondary N) is 2. The van der Waals surface area contributed by atoms with Crippen LogP contribution in [0.25, 0.3) is 0 Å². The molecule has 0 unspecified atom stereocenters. The third-order valence-electron chi connectivity index (χ3n) is 4.21. The largest absolute Gasteiger partial charge is 0.462 e. The van der Waals surface area contributed by atoms with Gasteiger partial charge in [0.05, 0.1) is 23.5 Å². The smallest absolute Gasteiger partial charge is 0.341 e. The van der Waals surface area contributed by atoms with Crippen molar-refractivity contribution in [2.45, 2.75) is 20.3 Å². The summed E-state index contributed by atoms with van der Waals surface area (Å²) in [4.78, 5) is 38.1. The van der Waals surface area contributed by atoms with E-state index in [0.29, 0.717) is 22.1 Å². The second kappa shape index (κ2) is 9.67. The van der Waals surface area contributed by atoms with E-state index in [1.807, 2.05) is 0 Å². The lowest BCUT2D eigenvalue weighted by molar-refractivity contribution is -0.115. The first-order valence-electron chi connectivity index (χ1n) is 9.18. The average molecular weight is 463 g/mol. The molecule has 0 radical (unpaired) electrons. The molecular weight excluding hydrogens is 444 g/mol. The van der Waals surface area contributed by atoms with Gasteiger partial charge in [-0.15, -0.1) is 16.4 Å². The van der Waals surface area contributed by atoms with Crippen LogP contribution in [0.1, 0.15) is 38.3 Å². The number of esters is 1. The molecule has 0 aliphatic rings. The molecule has 3 aromatic rings. The third kappa shape index (κ3) is 5.25. The molecule has 0 atom stereocenters. The molecule has 0 saturated carbocycles. The number of rotatable bonds is 7. The summed E-state index contributed by atoms with van der Waals surface area (Å²) >= 11 is 6.86. The monoisotopic (exact) mass is 462 g/mol. The molecule has 0 fully saturated rings. The molecule has 12 heteroatoms. The quantitative estimate of drug-likeness (QED) is 0.516. The van der Waals surface area contributed by atoms with E-state index in [4.69, 9.17) is 16.3 Å². The third-order valence-corrected chi connectivity index (χ3v) is 5.67. The number of nitrogens with zero attached hydrogens (tertiary/aromatic N) is 4. The highest BCUT2D eigenvalue weighted by atomic mass is 35.5. The molecule has 0 saturated heterocycles. The molecule has 0 aliphatic carbocycles. The zero-order valence-corrected chi connectivity index (χ0v) is 18.5. The maximum absolute atomic E-state index is 12.8. The van der Waals surface area contributed by atoms with Crippen molar-refractivity contribution in [3.63, 3.8) is 0 Å². The lowest BCUT2D eigenvalue weighted by atomic mass is 10.1. The lowest BCUT2D eigenvalue weighted by Crippen LogP contribution is -2.18. The highest BCUT2D eigenvalue weighted by Crippen LogP contribution is 2.34. The van der Waals surface area contributed by atoms with E-state index in [0.717, 1.165) is 11.3 Å². The predicted molar refractivity (Wildman–Crippen MR) is 116 cm³/mol. The van der Waals surface area contributed by atoms with E-state index >= 15 is 0 Å². The van der Waals surface area contributed by atoms with Gasteiger partial charge in [-0.1, -0.05) is 11.6 Å². The van der Waals surface area contributed by atoms with Gasteiger partial charge in [0, 0.05) is 17.8 Å². The van der Waals surface area contributed by atoms with E-state index < -0.39 is 17.8 Å². The summed E-state index contributed by atoms with van der Waals surface area (Å²) < 4.78 is 6.49. The van der Waals surface area contributed by atoms with E-state index in [9.17, 15) is 14.4 Å². The number of aromatic nitrogens is 4. The summed E-state index contributed by atoms with van der Waals surface area (Å²) in [5.74, 6) is -1.13. The van der Waals surface area contributed by atoms with Gasteiger partial charge in [-0.3, -0.25) is 9.59 Å². The second-order valence-electron chi connectivity index (χ2n) is 6.39. The van der Waals surface area contributed by atoms with Crippen LogP contribution in [0.3, 0.4) is 0 Å². The molecule has 2 N–H and O–H groups in total. The summed E-state index contributed by atoms with van der Waals surface area (Å²) in [6, 6.07) is 6.62. The normalized spacial score (nSPS) is 10.6. The highest BCUT2D eigenvalue weighted by molar-refractivity contribution is 7.18. The first-order valence-corrected chi connectivity index (χ1v) is 10.4. The van der Waals surface area contributed by atoms with Crippen LogP contribution in [0.15, 0.2) is 24.3 Å². The van der Waals surface area contributed by atoms with Crippen molar-refractivity contribution in [1.82, 2.24) is 20.2 Å². The van der Waals surface area contributed by atoms with E-state index in [2.05, 4.69) is 26.2 Å². The Hall–Kier alpha value is -3.31. The first-order chi connectivity index (χ1) is 14.8. The molecule has 0 bridgehead atoms. The summed E-state index contributed by atoms with van der Waals surface area (Å²) in [6.07, 6.45) is -0.102. The Labute approximate surface area is 186 Å². The Kier molecular flexibility index (Phi) is 6.98. The van der Waals surface area contributed by atoms with Crippen molar-refractivity contribution in [3.8, 4) is 0 Å². The molecule has 0 aliphatic heterocycles. The van der Waals surface area contributed by atoms with Gasteiger partial charge in [-0.25, -0.2) is 9.48 Å². The summed E-state index contributed by atoms with van der Waals surface area (Å²) in [7, 11) is 1.61. The minimum Gasteiger partial charge on any atom is -0.462 e. The molecule has 1 aromatic carbocycles. The van der Waals surface area contributed by atoms with Crippen LogP contribution in [-0.2, 0) is 23.0 Å². The van der Waals surface area contributed by atoms with Crippen LogP contribution < -0.4 is 10.6 Å². The van der Waals surface area contributed by atoms with Crippen LogP contribution >= 0.6 is 22.9 Å². The number of halogens is 1. The number of aryl methyl sites for hydroxylation is 1. The first kappa shape index (κ1) is 22.4. The molecule has 162 valence electrons. The second-order valence-corrected chi connectivity index (χ2v) is 7.84. The fourth-order valence-electron chi connectivity index (χ4n) is 2.70. The standard InChI is InChI=1S/C19H19ClN6O4S/c1-4-30-19(29)15-10(2)16(17(28)21-12-7-5-11(20)6-8-12)31-18(15)22-14(27)9-13-23-24-25-26(13)3/h5-8H,4,9H2,1-3H3,(H,21,28)(H,22,27). The van der Waals surface area contributed by atoms with Gasteiger partial charge >= 0.3 is 5.97 Å². The van der Waals surface area contributed by atoms with E-state index in [1.54, 1.807) is 45.2 Å². The number of benzene rings is 1. The van der Waals surface area contributed by atoms with Gasteiger partial charge in [0.2, 0.25) is 5.91 Å². The van der Waals surface area contributed by atoms with Crippen molar-refractivity contribution in [3.05, 3.63) is 51.1 Å². The number of thiophene rings is 1. The minimum atomic E-state index is -0.627. The number of hydrogen-bond donors (Lipinski definition) is 2. The molecule has 2 amide bonds. The van der Waals surface area contributed by atoms with Crippen molar-refractivity contribution in [2.24, 2.45) is 7.05 Å². The number of amides is 2. The van der Waals surface area contributed by atoms with E-state index in [-0.39, 0.29) is 28.5 Å². The van der Waals surface area contributed by atoms with Crippen molar-refractivity contribution in [1.29, 1.82) is 0 Å². The fraction of sp³-hybridized carbons (Fsp3) is 0.263. The zero-order valence-electron chi connectivity index (χ0n) is 16.9. The number of carbonyl (C=O) groups excluding carboxylic acids is 3. The molecule has 2 heterocycles. The van der Waals surface area contributed by atoms with E-state index in [1.165, 1.54) is 4.68 Å². The van der Waals surface area contributed by atoms with Crippen LogP contribution in [0.4, 0.5) is 10.7 Å². The molecule has 31 heavy (non-hydrogen) atoms. The Morgan fingerprint density at radius 1 is 1.19 bits per heavy atom. The molecule has 3 rings (SSSR count). The van der Waals surface area contributed by atoms with Crippen molar-refractivity contribution in [2.75, 3.05) is 17.2 Å². The number of ether oxygens (including phenoxy) is 1. The topological polar surface area (TPSA) is 128 Å². The Morgan fingerprint density at radius 2 is 1.90 bits per heavy atom. The average Bonchev–Trinajstić information content (AvgIpc) is 3.26. The SMILES string of the molecule is CCOC(=O)c1c(NC(=O)Cc2nnnn2C)sc(C(=O)Nc2ccc(Cl)cc2)c1C. The van der Waals surface area contributed by atoms with Crippen LogP contribution in [0, 0.1) is 6.92 Å². The molecule has 2 aromatic heterocycles. The summed E-state index contributed by atoms with van der Waals surface area (Å²) in [5.41, 5.74) is 1.09. The van der Waals surface area contributed by atoms with Gasteiger partial charge in [-0.2, -0.15) is 0 Å². The van der Waals surface area contributed by atoms with Gasteiger partial charge in [0.1, 0.15) is 5.00 Å². The Bertz CT molecular complexity index is 1130. The molecule has 0 spiro atoms. The lowest BCUT2D eigenvalue weighted by Gasteiger charge is -2.07. The Morgan fingerprint density at radius 3 is 2.52 bits per heavy atom. The maximum atomic E-state index is 12.8. The van der Waals surface area contributed by atoms with Crippen LogP contribution in [-0.4, -0.2) is 44.6 Å². The maximum Gasteiger partial charge on any atom is 0.341 e. The summed E-state index contributed by atoms with van der Waals surface area (Å²) in [6.45, 7) is 3.45. The van der Waals surface area contributed by atoms with Crippen LogP contribution in [0.2, 0.25) is 5.02 Å².